The smallest absolute Gasteiger partial charge is 0.347 e. The van der Waals surface area contributed by atoms with Gasteiger partial charge in [0, 0.05) is 6.42 Å². The molecule has 4 heteroatoms. The van der Waals surface area contributed by atoms with Crippen molar-refractivity contribution >= 4 is 11.9 Å². The molecule has 0 radical (unpaired) electrons. The van der Waals surface area contributed by atoms with Crippen LogP contribution in [-0.4, -0.2) is 25.2 Å². The molecule has 0 saturated carbocycles. The molecule has 0 bridgehead atoms. The lowest BCUT2D eigenvalue weighted by molar-refractivity contribution is -0.151. The van der Waals surface area contributed by atoms with Gasteiger partial charge in [-0.1, -0.05) is 19.1 Å². The minimum atomic E-state index is -0.812. The van der Waals surface area contributed by atoms with Gasteiger partial charge in [-0.15, -0.1) is 0 Å². The Morgan fingerprint density at radius 1 is 1.53 bits per heavy atom. The quantitative estimate of drug-likeness (QED) is 0.728. The molecule has 1 heterocycles. The standard InChI is InChI=1S/C13H14O4/c1-3-8-5-4-6-9-10(8)7-11(13(15)16-2)17-12(9)14/h4-6,11H,3,7H2,1-2H3. The predicted molar refractivity (Wildman–Crippen MR) is 60.7 cm³/mol. The number of esters is 2. The maximum atomic E-state index is 11.8. The van der Waals surface area contributed by atoms with Gasteiger partial charge in [0.15, 0.2) is 0 Å². The van der Waals surface area contributed by atoms with Gasteiger partial charge in [-0.2, -0.15) is 0 Å². The van der Waals surface area contributed by atoms with E-state index >= 15 is 0 Å². The van der Waals surface area contributed by atoms with E-state index in [1.807, 2.05) is 19.1 Å². The van der Waals surface area contributed by atoms with Crippen LogP contribution in [-0.2, 0) is 27.1 Å². The fourth-order valence-corrected chi connectivity index (χ4v) is 2.08. The first-order valence-electron chi connectivity index (χ1n) is 5.57. The van der Waals surface area contributed by atoms with Gasteiger partial charge in [-0.05, 0) is 23.6 Å². The number of methoxy groups -OCH3 is 1. The minimum absolute atomic E-state index is 0.401. The molecule has 0 spiro atoms. The number of hydrogen-bond acceptors (Lipinski definition) is 4. The summed E-state index contributed by atoms with van der Waals surface area (Å²) in [6.07, 6.45) is 0.412. The maximum Gasteiger partial charge on any atom is 0.347 e. The summed E-state index contributed by atoms with van der Waals surface area (Å²) >= 11 is 0. The fraction of sp³-hybridized carbons (Fsp3) is 0.385. The van der Waals surface area contributed by atoms with Crippen LogP contribution in [0, 0.1) is 0 Å². The largest absolute Gasteiger partial charge is 0.466 e. The summed E-state index contributed by atoms with van der Waals surface area (Å²) in [6.45, 7) is 2.02. The lowest BCUT2D eigenvalue weighted by Gasteiger charge is -2.24. The summed E-state index contributed by atoms with van der Waals surface area (Å²) in [5.41, 5.74) is 2.54. The van der Waals surface area contributed by atoms with Crippen molar-refractivity contribution in [2.45, 2.75) is 25.9 Å². The number of aryl methyl sites for hydroxylation is 1. The van der Waals surface area contributed by atoms with Gasteiger partial charge < -0.3 is 9.47 Å². The molecule has 1 aromatic rings. The molecule has 1 unspecified atom stereocenters. The Balaban J connectivity index is 2.40. The first-order valence-corrected chi connectivity index (χ1v) is 5.57. The first kappa shape index (κ1) is 11.6. The average molecular weight is 234 g/mol. The summed E-state index contributed by atoms with van der Waals surface area (Å²) in [6, 6.07) is 5.52. The van der Waals surface area contributed by atoms with Crippen molar-refractivity contribution in [1.82, 2.24) is 0 Å². The summed E-state index contributed by atoms with van der Waals surface area (Å²) < 4.78 is 9.66. The zero-order valence-electron chi connectivity index (χ0n) is 9.86. The van der Waals surface area contributed by atoms with E-state index in [0.29, 0.717) is 12.0 Å². The summed E-state index contributed by atoms with van der Waals surface area (Å²) in [7, 11) is 1.29. The van der Waals surface area contributed by atoms with E-state index in [4.69, 9.17) is 4.74 Å². The normalized spacial score (nSPS) is 18.2. The van der Waals surface area contributed by atoms with Crippen molar-refractivity contribution < 1.29 is 19.1 Å². The molecule has 0 fully saturated rings. The van der Waals surface area contributed by atoms with Gasteiger partial charge in [0.1, 0.15) is 0 Å². The predicted octanol–water partition coefficient (Wildman–Crippen LogP) is 1.50. The molecule has 1 aromatic carbocycles. The van der Waals surface area contributed by atoms with E-state index in [0.717, 1.165) is 17.5 Å². The third-order valence-electron chi connectivity index (χ3n) is 2.98. The van der Waals surface area contributed by atoms with Gasteiger partial charge in [-0.3, -0.25) is 0 Å². The summed E-state index contributed by atoms with van der Waals surface area (Å²) in [4.78, 5) is 23.2. The Morgan fingerprint density at radius 3 is 2.94 bits per heavy atom. The van der Waals surface area contributed by atoms with E-state index < -0.39 is 18.0 Å². The van der Waals surface area contributed by atoms with Crippen LogP contribution in [0.1, 0.15) is 28.4 Å². The molecular formula is C13H14O4. The number of ether oxygens (including phenoxy) is 2. The monoisotopic (exact) mass is 234 g/mol. The van der Waals surface area contributed by atoms with Crippen molar-refractivity contribution in [2.75, 3.05) is 7.11 Å². The molecular weight excluding hydrogens is 220 g/mol. The van der Waals surface area contributed by atoms with Crippen molar-refractivity contribution in [3.8, 4) is 0 Å². The SMILES string of the molecule is CCc1cccc2c1CC(C(=O)OC)OC2=O. The average Bonchev–Trinajstić information content (AvgIpc) is 2.37. The van der Waals surface area contributed by atoms with Crippen LogP contribution in [0.4, 0.5) is 0 Å². The second kappa shape index (κ2) is 4.57. The number of rotatable bonds is 2. The number of cyclic esters (lactones) is 1. The topological polar surface area (TPSA) is 52.6 Å². The van der Waals surface area contributed by atoms with Crippen molar-refractivity contribution in [3.05, 3.63) is 34.9 Å². The Labute approximate surface area is 99.5 Å². The Hall–Kier alpha value is -1.84. The minimum Gasteiger partial charge on any atom is -0.466 e. The highest BCUT2D eigenvalue weighted by molar-refractivity contribution is 5.95. The molecule has 1 atom stereocenters. The zero-order chi connectivity index (χ0) is 12.4. The molecule has 0 aliphatic carbocycles. The highest BCUT2D eigenvalue weighted by atomic mass is 16.6. The molecule has 1 aliphatic rings. The number of hydrogen-bond donors (Lipinski definition) is 0. The second-order valence-corrected chi connectivity index (χ2v) is 3.92. The maximum absolute atomic E-state index is 11.8. The molecule has 90 valence electrons. The highest BCUT2D eigenvalue weighted by Gasteiger charge is 2.32. The highest BCUT2D eigenvalue weighted by Crippen LogP contribution is 2.25. The number of fused-ring (bicyclic) bond motifs is 1. The summed E-state index contributed by atoms with van der Waals surface area (Å²) in [5, 5.41) is 0. The molecule has 17 heavy (non-hydrogen) atoms. The van der Waals surface area contributed by atoms with Gasteiger partial charge in [0.05, 0.1) is 12.7 Å². The van der Waals surface area contributed by atoms with Gasteiger partial charge in [0.25, 0.3) is 0 Å². The van der Waals surface area contributed by atoms with Gasteiger partial charge >= 0.3 is 11.9 Å². The molecule has 1 aliphatic heterocycles. The van der Waals surface area contributed by atoms with Crippen molar-refractivity contribution in [3.63, 3.8) is 0 Å². The molecule has 4 nitrogen and oxygen atoms in total. The van der Waals surface area contributed by atoms with Crippen LogP contribution >= 0.6 is 0 Å². The Bertz CT molecular complexity index is 464. The summed E-state index contributed by atoms with van der Waals surface area (Å²) in [5.74, 6) is -0.952. The Kier molecular flexibility index (Phi) is 3.13. The van der Waals surface area contributed by atoms with E-state index in [1.165, 1.54) is 7.11 Å². The zero-order valence-corrected chi connectivity index (χ0v) is 9.86. The lowest BCUT2D eigenvalue weighted by Crippen LogP contribution is -2.35. The van der Waals surface area contributed by atoms with E-state index in [-0.39, 0.29) is 0 Å². The van der Waals surface area contributed by atoms with Crippen LogP contribution in [0.15, 0.2) is 18.2 Å². The first-order chi connectivity index (χ1) is 8.17. The van der Waals surface area contributed by atoms with Crippen LogP contribution in [0.5, 0.6) is 0 Å². The third kappa shape index (κ3) is 2.02. The fourth-order valence-electron chi connectivity index (χ4n) is 2.08. The lowest BCUT2D eigenvalue weighted by atomic mass is 9.92. The van der Waals surface area contributed by atoms with Gasteiger partial charge in [-0.25, -0.2) is 9.59 Å². The van der Waals surface area contributed by atoms with Crippen LogP contribution in [0.25, 0.3) is 0 Å². The van der Waals surface area contributed by atoms with Gasteiger partial charge in [0.2, 0.25) is 6.10 Å². The number of benzene rings is 1. The number of carbonyl (C=O) groups is 2. The molecule has 0 aromatic heterocycles. The van der Waals surface area contributed by atoms with Crippen molar-refractivity contribution in [2.24, 2.45) is 0 Å². The second-order valence-electron chi connectivity index (χ2n) is 3.92. The van der Waals surface area contributed by atoms with E-state index in [9.17, 15) is 9.59 Å². The molecule has 0 saturated heterocycles. The molecule has 2 rings (SSSR count). The van der Waals surface area contributed by atoms with Crippen LogP contribution in [0.3, 0.4) is 0 Å². The molecule has 0 amide bonds. The van der Waals surface area contributed by atoms with Crippen molar-refractivity contribution in [1.29, 1.82) is 0 Å². The van der Waals surface area contributed by atoms with E-state index in [2.05, 4.69) is 4.74 Å². The van der Waals surface area contributed by atoms with E-state index in [1.54, 1.807) is 6.07 Å². The van der Waals surface area contributed by atoms with Crippen LogP contribution < -0.4 is 0 Å². The Morgan fingerprint density at radius 2 is 2.29 bits per heavy atom. The number of carbonyl (C=O) groups excluding carboxylic acids is 2. The van der Waals surface area contributed by atoms with Crippen LogP contribution in [0.2, 0.25) is 0 Å². The molecule has 0 N–H and O–H groups in total. The third-order valence-corrected chi connectivity index (χ3v) is 2.98.